The quantitative estimate of drug-likeness (QED) is 0.210. The van der Waals surface area contributed by atoms with Crippen LogP contribution in [0.25, 0.3) is 0 Å². The summed E-state index contributed by atoms with van der Waals surface area (Å²) in [5.41, 5.74) is 2.68. The zero-order chi connectivity index (χ0) is 42.7. The molecule has 3 aromatic carbocycles. The van der Waals surface area contributed by atoms with Crippen molar-refractivity contribution in [3.63, 3.8) is 0 Å². The van der Waals surface area contributed by atoms with Gasteiger partial charge in [0, 0.05) is 92.1 Å². The highest BCUT2D eigenvalue weighted by Crippen LogP contribution is 2.55. The molecule has 1 atom stereocenters. The number of amides is 5. The molecular formula is C45H50ClN7O7. The van der Waals surface area contributed by atoms with Crippen molar-refractivity contribution in [1.29, 1.82) is 5.26 Å². The molecule has 3 saturated heterocycles. The van der Waals surface area contributed by atoms with Gasteiger partial charge in [-0.15, -0.1) is 0 Å². The van der Waals surface area contributed by atoms with Crippen LogP contribution >= 0.6 is 11.6 Å². The number of anilines is 2. The molecule has 314 valence electrons. The van der Waals surface area contributed by atoms with Gasteiger partial charge in [0.1, 0.15) is 24.0 Å². The van der Waals surface area contributed by atoms with Gasteiger partial charge in [-0.3, -0.25) is 39.0 Å². The summed E-state index contributed by atoms with van der Waals surface area (Å²) in [6.45, 7) is 14.5. The van der Waals surface area contributed by atoms with Crippen LogP contribution in [-0.2, 0) is 9.59 Å². The van der Waals surface area contributed by atoms with Crippen LogP contribution < -0.4 is 19.9 Å². The lowest BCUT2D eigenvalue weighted by molar-refractivity contribution is -0.186. The second-order valence-electron chi connectivity index (χ2n) is 17.9. The number of carbonyl (C=O) groups is 5. The number of hydrogen-bond acceptors (Lipinski definition) is 11. The number of fused-ring (bicyclic) bond motifs is 1. The summed E-state index contributed by atoms with van der Waals surface area (Å²) < 4.78 is 6.38. The fraction of sp³-hybridized carbons (Fsp3) is 0.467. The molecule has 0 aromatic heterocycles. The van der Waals surface area contributed by atoms with Crippen LogP contribution in [-0.4, -0.2) is 114 Å². The van der Waals surface area contributed by atoms with Crippen molar-refractivity contribution in [2.45, 2.75) is 71.6 Å². The van der Waals surface area contributed by atoms with Crippen LogP contribution in [0.15, 0.2) is 60.7 Å². The van der Waals surface area contributed by atoms with E-state index in [2.05, 4.69) is 53.8 Å². The Morgan fingerprint density at radius 3 is 2.12 bits per heavy atom. The van der Waals surface area contributed by atoms with Crippen molar-refractivity contribution < 1.29 is 33.9 Å². The number of imide groups is 2. The maximum Gasteiger partial charge on any atom is 0.276 e. The molecule has 15 heteroatoms. The number of nitrogens with one attached hydrogen (secondary N) is 1. The number of halogens is 1. The first-order chi connectivity index (χ1) is 28.6. The van der Waals surface area contributed by atoms with Gasteiger partial charge in [0.25, 0.3) is 29.5 Å². The van der Waals surface area contributed by atoms with Crippen molar-refractivity contribution in [2.75, 3.05) is 55.6 Å². The normalized spacial score (nSPS) is 24.2. The third kappa shape index (κ3) is 7.37. The number of nitriles is 1. The maximum absolute atomic E-state index is 13.5. The van der Waals surface area contributed by atoms with E-state index in [1.165, 1.54) is 0 Å². The van der Waals surface area contributed by atoms with E-state index >= 15 is 0 Å². The Morgan fingerprint density at radius 2 is 1.47 bits per heavy atom. The van der Waals surface area contributed by atoms with E-state index in [-0.39, 0.29) is 57.9 Å². The number of benzene rings is 3. The highest BCUT2D eigenvalue weighted by atomic mass is 35.5. The molecule has 60 heavy (non-hydrogen) atoms. The summed E-state index contributed by atoms with van der Waals surface area (Å²) in [5.74, 6) is -1.85. The predicted octanol–water partition coefficient (Wildman–Crippen LogP) is 5.37. The van der Waals surface area contributed by atoms with Gasteiger partial charge in [-0.05, 0) is 79.8 Å². The number of piperazine rings is 1. The zero-order valence-electron chi connectivity index (χ0n) is 34.3. The minimum Gasteiger partial charge on any atom is -0.489 e. The van der Waals surface area contributed by atoms with Gasteiger partial charge in [0.2, 0.25) is 0 Å². The molecule has 2 N–H and O–H groups in total. The molecule has 0 spiro atoms. The summed E-state index contributed by atoms with van der Waals surface area (Å²) in [6, 6.07) is 18.8. The third-order valence-electron chi connectivity index (χ3n) is 13.4. The van der Waals surface area contributed by atoms with Gasteiger partial charge in [0.05, 0.1) is 21.7 Å². The number of nitrogens with zero attached hydrogens (tertiary/aromatic N) is 6. The molecule has 14 nitrogen and oxygen atoms in total. The van der Waals surface area contributed by atoms with E-state index in [0.29, 0.717) is 27.8 Å². The molecule has 3 aromatic rings. The van der Waals surface area contributed by atoms with E-state index in [1.54, 1.807) is 30.3 Å². The van der Waals surface area contributed by atoms with Gasteiger partial charge in [-0.2, -0.15) is 10.3 Å². The third-order valence-corrected chi connectivity index (χ3v) is 13.7. The zero-order valence-corrected chi connectivity index (χ0v) is 35.1. The summed E-state index contributed by atoms with van der Waals surface area (Å²) >= 11 is 6.25. The first-order valence-corrected chi connectivity index (χ1v) is 21.0. The fourth-order valence-electron chi connectivity index (χ4n) is 10.3. The van der Waals surface area contributed by atoms with Crippen molar-refractivity contribution in [3.05, 3.63) is 87.9 Å². The highest BCUT2D eigenvalue weighted by Gasteiger charge is 2.64. The molecule has 8 rings (SSSR count). The van der Waals surface area contributed by atoms with Gasteiger partial charge in [-0.1, -0.05) is 39.3 Å². The minimum absolute atomic E-state index is 0.0114. The first kappa shape index (κ1) is 41.3. The number of hydrogen-bond donors (Lipinski definition) is 2. The summed E-state index contributed by atoms with van der Waals surface area (Å²) in [6.07, 6.45) is 1.79. The number of hydroxylamine groups is 2. The molecule has 5 amide bonds. The minimum atomic E-state index is -1.21. The van der Waals surface area contributed by atoms with E-state index in [0.717, 1.165) is 74.9 Å². The van der Waals surface area contributed by atoms with Crippen molar-refractivity contribution in [2.24, 2.45) is 16.7 Å². The topological polar surface area (TPSA) is 167 Å². The van der Waals surface area contributed by atoms with Gasteiger partial charge in [-0.25, -0.2) is 0 Å². The number of rotatable bonds is 9. The molecule has 1 aliphatic carbocycles. The van der Waals surface area contributed by atoms with E-state index < -0.39 is 29.7 Å². The van der Waals surface area contributed by atoms with Gasteiger partial charge >= 0.3 is 0 Å². The van der Waals surface area contributed by atoms with Gasteiger partial charge in [0.15, 0.2) is 0 Å². The molecule has 1 saturated carbocycles. The van der Waals surface area contributed by atoms with E-state index in [4.69, 9.17) is 16.3 Å². The lowest BCUT2D eigenvalue weighted by Crippen LogP contribution is -2.74. The van der Waals surface area contributed by atoms with Crippen LogP contribution in [0.2, 0.25) is 5.02 Å². The van der Waals surface area contributed by atoms with Crippen LogP contribution in [0.1, 0.15) is 90.0 Å². The number of ether oxygens (including phenoxy) is 1. The summed E-state index contributed by atoms with van der Waals surface area (Å²) in [4.78, 5) is 72.3. The average Bonchev–Trinajstić information content (AvgIpc) is 3.49. The smallest absolute Gasteiger partial charge is 0.276 e. The van der Waals surface area contributed by atoms with Crippen LogP contribution in [0.4, 0.5) is 11.4 Å². The first-order valence-electron chi connectivity index (χ1n) is 20.7. The van der Waals surface area contributed by atoms with Crippen LogP contribution in [0.3, 0.4) is 0 Å². The molecule has 0 radical (unpaired) electrons. The van der Waals surface area contributed by atoms with Crippen molar-refractivity contribution in [1.82, 2.24) is 20.2 Å². The SMILES string of the molecule is CC1(C)C(NC(=O)c2ccc(N3CCC(CN4CCN(c5ccc6c(c5)C(=O)N(C5CCC(=O)N(O)C5=O)C6=O)CC4)CC3)cc2)C(C)(C)C1Oc1ccc(C#N)c(Cl)c1. The molecule has 4 aliphatic heterocycles. The largest absolute Gasteiger partial charge is 0.489 e. The Bertz CT molecular complexity index is 2260. The van der Waals surface area contributed by atoms with E-state index in [1.807, 2.05) is 30.3 Å². The standard InChI is InChI=1S/C45H50ClN7O7/c1-44(2)42(45(3,4)43(44)60-32-11-7-29(25-47)35(46)24-32)48-38(55)28-5-8-30(9-6-28)50-17-15-27(16-18-50)26-49-19-21-51(22-20-49)31-10-12-33-34(23-31)40(57)52(39(33)56)36-13-14-37(54)53(59)41(36)58/h5-12,23-24,27,36,42-43,59H,13-22,26H2,1-4H3,(H,48,55). The Hall–Kier alpha value is -5.49. The van der Waals surface area contributed by atoms with Crippen LogP contribution in [0, 0.1) is 28.1 Å². The molecule has 1 unspecified atom stereocenters. The van der Waals surface area contributed by atoms with Crippen LogP contribution in [0.5, 0.6) is 5.75 Å². The lowest BCUT2D eigenvalue weighted by Gasteiger charge is -2.63. The second kappa shape index (κ2) is 15.8. The van der Waals surface area contributed by atoms with Gasteiger partial charge < -0.3 is 19.9 Å². The molecule has 4 heterocycles. The maximum atomic E-state index is 13.5. The Kier molecular flexibility index (Phi) is 10.9. The Balaban J connectivity index is 0.791. The highest BCUT2D eigenvalue weighted by molar-refractivity contribution is 6.31. The lowest BCUT2D eigenvalue weighted by atomic mass is 9.49. The molecule has 0 bridgehead atoms. The van der Waals surface area contributed by atoms with E-state index in [9.17, 15) is 34.4 Å². The molecular weight excluding hydrogens is 786 g/mol. The number of piperidine rings is 2. The average molecular weight is 836 g/mol. The van der Waals surface area contributed by atoms with Crippen molar-refractivity contribution in [3.8, 4) is 11.8 Å². The summed E-state index contributed by atoms with van der Waals surface area (Å²) in [7, 11) is 0. The Morgan fingerprint density at radius 1 is 0.833 bits per heavy atom. The Labute approximate surface area is 354 Å². The molecule has 5 aliphatic rings. The molecule has 4 fully saturated rings. The monoisotopic (exact) mass is 835 g/mol. The number of carbonyl (C=O) groups excluding carboxylic acids is 5. The van der Waals surface area contributed by atoms with Crippen molar-refractivity contribution >= 4 is 52.5 Å². The predicted molar refractivity (Wildman–Crippen MR) is 223 cm³/mol. The second-order valence-corrected chi connectivity index (χ2v) is 18.3. The summed E-state index contributed by atoms with van der Waals surface area (Å²) in [5, 5.41) is 22.7. The fourth-order valence-corrected chi connectivity index (χ4v) is 10.5.